The Morgan fingerprint density at radius 3 is 2.21 bits per heavy atom. The SMILES string of the molecule is O=C(CN(CCc1ccccc1)S(=O)(=O)c1ccccc1)NN=C1CCCCC1. The Hall–Kier alpha value is -2.51. The highest BCUT2D eigenvalue weighted by Gasteiger charge is 2.26. The summed E-state index contributed by atoms with van der Waals surface area (Å²) in [5.41, 5.74) is 4.54. The van der Waals surface area contributed by atoms with E-state index in [4.69, 9.17) is 0 Å². The Morgan fingerprint density at radius 1 is 0.931 bits per heavy atom. The monoisotopic (exact) mass is 413 g/mol. The molecule has 1 N–H and O–H groups in total. The van der Waals surface area contributed by atoms with E-state index >= 15 is 0 Å². The van der Waals surface area contributed by atoms with Crippen molar-refractivity contribution in [2.24, 2.45) is 5.10 Å². The first-order chi connectivity index (χ1) is 14.1. The highest BCUT2D eigenvalue weighted by Crippen LogP contribution is 2.16. The van der Waals surface area contributed by atoms with E-state index in [2.05, 4.69) is 10.5 Å². The molecule has 0 heterocycles. The van der Waals surface area contributed by atoms with Crippen molar-refractivity contribution in [1.82, 2.24) is 9.73 Å². The van der Waals surface area contributed by atoms with Crippen molar-refractivity contribution in [3.8, 4) is 0 Å². The van der Waals surface area contributed by atoms with Crippen molar-refractivity contribution in [2.75, 3.05) is 13.1 Å². The maximum Gasteiger partial charge on any atom is 0.255 e. The van der Waals surface area contributed by atoms with Gasteiger partial charge in [-0.25, -0.2) is 13.8 Å². The number of carbonyl (C=O) groups is 1. The minimum absolute atomic E-state index is 0.180. The van der Waals surface area contributed by atoms with Gasteiger partial charge in [0.05, 0.1) is 11.4 Å². The molecule has 1 amide bonds. The molecule has 1 saturated carbocycles. The predicted octanol–water partition coefficient (Wildman–Crippen LogP) is 3.36. The van der Waals surface area contributed by atoms with Gasteiger partial charge in [0.25, 0.3) is 5.91 Å². The van der Waals surface area contributed by atoms with Crippen LogP contribution in [0.4, 0.5) is 0 Å². The summed E-state index contributed by atoms with van der Waals surface area (Å²) < 4.78 is 27.4. The zero-order chi connectivity index (χ0) is 20.5. The normalized spacial score (nSPS) is 14.6. The number of hydrazone groups is 1. The average molecular weight is 414 g/mol. The largest absolute Gasteiger partial charge is 0.272 e. The fraction of sp³-hybridized carbons (Fsp3) is 0.364. The number of nitrogens with zero attached hydrogens (tertiary/aromatic N) is 2. The zero-order valence-electron chi connectivity index (χ0n) is 16.5. The van der Waals surface area contributed by atoms with Gasteiger partial charge < -0.3 is 0 Å². The van der Waals surface area contributed by atoms with Crippen molar-refractivity contribution < 1.29 is 13.2 Å². The zero-order valence-corrected chi connectivity index (χ0v) is 17.3. The van der Waals surface area contributed by atoms with Gasteiger partial charge >= 0.3 is 0 Å². The molecule has 1 aliphatic carbocycles. The summed E-state index contributed by atoms with van der Waals surface area (Å²) in [5.74, 6) is -0.421. The number of carbonyl (C=O) groups excluding carboxylic acids is 1. The third-order valence-corrected chi connectivity index (χ3v) is 6.82. The van der Waals surface area contributed by atoms with Crippen molar-refractivity contribution in [3.63, 3.8) is 0 Å². The van der Waals surface area contributed by atoms with Crippen molar-refractivity contribution >= 4 is 21.6 Å². The summed E-state index contributed by atoms with van der Waals surface area (Å²) >= 11 is 0. The molecule has 0 aromatic heterocycles. The number of benzene rings is 2. The molecule has 1 fully saturated rings. The van der Waals surface area contributed by atoms with Crippen molar-refractivity contribution in [1.29, 1.82) is 0 Å². The Labute approximate surface area is 172 Å². The second-order valence-electron chi connectivity index (χ2n) is 7.16. The molecule has 6 nitrogen and oxygen atoms in total. The Bertz CT molecular complexity index is 920. The molecule has 1 aliphatic rings. The molecule has 0 unspecified atom stereocenters. The van der Waals surface area contributed by atoms with Gasteiger partial charge in [0.15, 0.2) is 0 Å². The highest BCUT2D eigenvalue weighted by molar-refractivity contribution is 7.89. The Balaban J connectivity index is 1.72. The molecule has 0 saturated heterocycles. The molecule has 0 aliphatic heterocycles. The second-order valence-corrected chi connectivity index (χ2v) is 9.10. The van der Waals surface area contributed by atoms with Crippen LogP contribution in [-0.4, -0.2) is 37.4 Å². The maximum absolute atomic E-state index is 13.1. The average Bonchev–Trinajstić information content (AvgIpc) is 2.77. The van der Waals surface area contributed by atoms with E-state index in [1.54, 1.807) is 30.3 Å². The summed E-state index contributed by atoms with van der Waals surface area (Å²) in [6, 6.07) is 17.9. The molecule has 0 bridgehead atoms. The lowest BCUT2D eigenvalue weighted by atomic mass is 9.99. The number of hydrogen-bond acceptors (Lipinski definition) is 4. The van der Waals surface area contributed by atoms with Crippen LogP contribution in [-0.2, 0) is 21.2 Å². The van der Waals surface area contributed by atoms with Gasteiger partial charge in [-0.15, -0.1) is 0 Å². The van der Waals surface area contributed by atoms with Crippen LogP contribution in [0.3, 0.4) is 0 Å². The van der Waals surface area contributed by atoms with E-state index in [9.17, 15) is 13.2 Å². The lowest BCUT2D eigenvalue weighted by Gasteiger charge is -2.21. The summed E-state index contributed by atoms with van der Waals surface area (Å²) in [6.45, 7) is -0.0495. The summed E-state index contributed by atoms with van der Waals surface area (Å²) in [4.78, 5) is 12.6. The number of sulfonamides is 1. The molecule has 0 radical (unpaired) electrons. The molecular weight excluding hydrogens is 386 g/mol. The topological polar surface area (TPSA) is 78.8 Å². The van der Waals surface area contributed by atoms with Gasteiger partial charge in [-0.05, 0) is 49.8 Å². The van der Waals surface area contributed by atoms with Crippen LogP contribution in [0.25, 0.3) is 0 Å². The first-order valence-electron chi connectivity index (χ1n) is 9.99. The molecular formula is C22H27N3O3S. The number of nitrogens with one attached hydrogen (secondary N) is 1. The van der Waals surface area contributed by atoms with Crippen LogP contribution in [0, 0.1) is 0 Å². The van der Waals surface area contributed by atoms with Crippen LogP contribution in [0.15, 0.2) is 70.7 Å². The molecule has 7 heteroatoms. The van der Waals surface area contributed by atoms with Crippen molar-refractivity contribution in [2.45, 2.75) is 43.4 Å². The number of rotatable bonds is 8. The molecule has 154 valence electrons. The standard InChI is InChI=1S/C22H27N3O3S/c26-22(24-23-20-12-6-2-7-13-20)18-25(17-16-19-10-4-1-5-11-19)29(27,28)21-14-8-3-9-15-21/h1,3-5,8-11,14-15H,2,6-7,12-13,16-18H2,(H,24,26). The number of hydrogen-bond donors (Lipinski definition) is 1. The molecule has 0 atom stereocenters. The van der Waals surface area contributed by atoms with Gasteiger partial charge in [0.2, 0.25) is 10.0 Å². The molecule has 2 aromatic rings. The maximum atomic E-state index is 13.1. The van der Waals surface area contributed by atoms with Gasteiger partial charge in [-0.3, -0.25) is 4.79 Å². The van der Waals surface area contributed by atoms with Gasteiger partial charge in [-0.2, -0.15) is 9.41 Å². The second kappa shape index (κ2) is 10.3. The molecule has 2 aromatic carbocycles. The summed E-state index contributed by atoms with van der Waals surface area (Å²) in [6.07, 6.45) is 5.66. The minimum Gasteiger partial charge on any atom is -0.272 e. The van der Waals surface area contributed by atoms with Gasteiger partial charge in [0, 0.05) is 12.3 Å². The first-order valence-corrected chi connectivity index (χ1v) is 11.4. The van der Waals surface area contributed by atoms with E-state index in [0.29, 0.717) is 6.42 Å². The van der Waals surface area contributed by atoms with E-state index in [0.717, 1.165) is 37.0 Å². The van der Waals surface area contributed by atoms with Crippen LogP contribution in [0.5, 0.6) is 0 Å². The van der Waals surface area contributed by atoms with Crippen LogP contribution >= 0.6 is 0 Å². The van der Waals surface area contributed by atoms with E-state index in [1.165, 1.54) is 10.7 Å². The van der Waals surface area contributed by atoms with Crippen LogP contribution in [0.2, 0.25) is 0 Å². The summed E-state index contributed by atoms with van der Waals surface area (Å²) in [7, 11) is -3.79. The predicted molar refractivity (Wildman–Crippen MR) is 114 cm³/mol. The van der Waals surface area contributed by atoms with Crippen LogP contribution in [0.1, 0.15) is 37.7 Å². The van der Waals surface area contributed by atoms with E-state index in [-0.39, 0.29) is 18.0 Å². The highest BCUT2D eigenvalue weighted by atomic mass is 32.2. The quantitative estimate of drug-likeness (QED) is 0.674. The molecule has 29 heavy (non-hydrogen) atoms. The van der Waals surface area contributed by atoms with Crippen LogP contribution < -0.4 is 5.43 Å². The van der Waals surface area contributed by atoms with E-state index < -0.39 is 15.9 Å². The third-order valence-electron chi connectivity index (χ3n) is 4.96. The number of amides is 1. The molecule has 3 rings (SSSR count). The lowest BCUT2D eigenvalue weighted by Crippen LogP contribution is -2.40. The smallest absolute Gasteiger partial charge is 0.255 e. The Kier molecular flexibility index (Phi) is 7.55. The van der Waals surface area contributed by atoms with Gasteiger partial charge in [0.1, 0.15) is 0 Å². The lowest BCUT2D eigenvalue weighted by molar-refractivity contribution is -0.121. The fourth-order valence-electron chi connectivity index (χ4n) is 3.33. The summed E-state index contributed by atoms with van der Waals surface area (Å²) in [5, 5.41) is 4.20. The molecule has 0 spiro atoms. The van der Waals surface area contributed by atoms with Gasteiger partial charge in [-0.1, -0.05) is 55.0 Å². The fourth-order valence-corrected chi connectivity index (χ4v) is 4.75. The Morgan fingerprint density at radius 2 is 1.55 bits per heavy atom. The first kappa shape index (κ1) is 21.2. The third kappa shape index (κ3) is 6.24. The van der Waals surface area contributed by atoms with Crippen molar-refractivity contribution in [3.05, 3.63) is 66.2 Å². The minimum atomic E-state index is -3.79. The van der Waals surface area contributed by atoms with E-state index in [1.807, 2.05) is 30.3 Å².